The van der Waals surface area contributed by atoms with E-state index in [9.17, 15) is 9.90 Å². The van der Waals surface area contributed by atoms with Crippen LogP contribution in [0, 0.1) is 17.3 Å². The predicted octanol–water partition coefficient (Wildman–Crippen LogP) is 7.17. The molecule has 230 valence electrons. The average Bonchev–Trinajstić information content (AvgIpc) is 3.21. The molecule has 7 nitrogen and oxygen atoms in total. The Labute approximate surface area is 242 Å². The van der Waals surface area contributed by atoms with E-state index in [2.05, 4.69) is 45.9 Å². The highest BCUT2D eigenvalue weighted by Crippen LogP contribution is 2.41. The number of ether oxygens (including phenoxy) is 4. The molecular formula is C33H56O7. The highest BCUT2D eigenvalue weighted by Gasteiger charge is 2.43. The molecule has 0 amide bonds. The average molecular weight is 565 g/mol. The number of carboxylic acid groups (broad SMARTS) is 1. The van der Waals surface area contributed by atoms with E-state index in [1.165, 1.54) is 5.57 Å². The smallest absolute Gasteiger partial charge is 0.303 e. The van der Waals surface area contributed by atoms with Gasteiger partial charge in [0.2, 0.25) is 0 Å². The normalized spacial score (nSPS) is 30.4. The summed E-state index contributed by atoms with van der Waals surface area (Å²) in [7, 11) is 0. The van der Waals surface area contributed by atoms with Crippen LogP contribution < -0.4 is 0 Å². The van der Waals surface area contributed by atoms with Crippen molar-refractivity contribution in [3.8, 4) is 0 Å². The minimum atomic E-state index is -0.732. The summed E-state index contributed by atoms with van der Waals surface area (Å²) >= 11 is 0. The van der Waals surface area contributed by atoms with Gasteiger partial charge in [-0.05, 0) is 83.0 Å². The van der Waals surface area contributed by atoms with E-state index in [4.69, 9.17) is 24.1 Å². The largest absolute Gasteiger partial charge is 0.481 e. The van der Waals surface area contributed by atoms with E-state index in [-0.39, 0.29) is 48.5 Å². The monoisotopic (exact) mass is 564 g/mol. The fourth-order valence-electron chi connectivity index (χ4n) is 6.21. The second-order valence-electron chi connectivity index (χ2n) is 13.1. The predicted molar refractivity (Wildman–Crippen MR) is 157 cm³/mol. The zero-order valence-electron chi connectivity index (χ0n) is 25.5. The summed E-state index contributed by atoms with van der Waals surface area (Å²) in [5, 5.41) is 20.1. The quantitative estimate of drug-likeness (QED) is 0.152. The second kappa shape index (κ2) is 17.0. The maximum absolute atomic E-state index is 11.2. The highest BCUT2D eigenvalue weighted by atomic mass is 16.7. The van der Waals surface area contributed by atoms with Gasteiger partial charge in [-0.15, -0.1) is 0 Å². The Balaban J connectivity index is 1.75. The van der Waals surface area contributed by atoms with E-state index in [0.717, 1.165) is 83.8 Å². The molecule has 3 fully saturated rings. The molecule has 0 aromatic carbocycles. The number of hydrogen-bond donors (Lipinski definition) is 2. The number of carbonyl (C=O) groups is 1. The fraction of sp³-hybridized carbons (Fsp3) is 0.848. The number of allylic oxidation sites excluding steroid dienone is 2. The Bertz CT molecular complexity index is 791. The summed E-state index contributed by atoms with van der Waals surface area (Å²) in [5.74, 6) is -0.571. The molecule has 0 radical (unpaired) electrons. The molecule has 40 heavy (non-hydrogen) atoms. The first-order valence-corrected chi connectivity index (χ1v) is 15.9. The summed E-state index contributed by atoms with van der Waals surface area (Å²) in [6.45, 7) is 10.3. The van der Waals surface area contributed by atoms with Crippen molar-refractivity contribution in [3.63, 3.8) is 0 Å². The van der Waals surface area contributed by atoms with Gasteiger partial charge in [-0.1, -0.05) is 56.9 Å². The van der Waals surface area contributed by atoms with Crippen LogP contribution in [0.25, 0.3) is 0 Å². The van der Waals surface area contributed by atoms with E-state index in [1.54, 1.807) is 0 Å². The Morgan fingerprint density at radius 2 is 1.68 bits per heavy atom. The number of unbranched alkanes of at least 4 members (excludes halogenated alkanes) is 3. The summed E-state index contributed by atoms with van der Waals surface area (Å²) < 4.78 is 25.0. The Morgan fingerprint density at radius 1 is 1.00 bits per heavy atom. The van der Waals surface area contributed by atoms with Crippen molar-refractivity contribution >= 4 is 5.97 Å². The summed E-state index contributed by atoms with van der Waals surface area (Å²) in [6.07, 6.45) is 18.1. The van der Waals surface area contributed by atoms with Gasteiger partial charge in [-0.3, -0.25) is 4.79 Å². The molecule has 0 spiro atoms. The van der Waals surface area contributed by atoms with Crippen LogP contribution in [-0.2, 0) is 23.7 Å². The van der Waals surface area contributed by atoms with Gasteiger partial charge in [0.15, 0.2) is 12.6 Å². The van der Waals surface area contributed by atoms with Crippen molar-refractivity contribution in [2.75, 3.05) is 13.2 Å². The van der Waals surface area contributed by atoms with E-state index in [1.807, 2.05) is 0 Å². The number of rotatable bonds is 16. The number of aliphatic carboxylic acids is 1. The van der Waals surface area contributed by atoms with Crippen LogP contribution in [0.3, 0.4) is 0 Å². The van der Waals surface area contributed by atoms with Crippen molar-refractivity contribution < 1.29 is 34.0 Å². The third kappa shape index (κ3) is 11.2. The zero-order valence-corrected chi connectivity index (χ0v) is 25.5. The lowest BCUT2D eigenvalue weighted by atomic mass is 9.80. The third-order valence-electron chi connectivity index (χ3n) is 8.79. The zero-order chi connectivity index (χ0) is 29.0. The van der Waals surface area contributed by atoms with Crippen molar-refractivity contribution in [2.45, 2.75) is 148 Å². The van der Waals surface area contributed by atoms with Crippen molar-refractivity contribution in [1.29, 1.82) is 0 Å². The maximum Gasteiger partial charge on any atom is 0.303 e. The number of aliphatic hydroxyl groups is 1. The number of hydrogen-bond acceptors (Lipinski definition) is 6. The Hall–Kier alpha value is -1.25. The van der Waals surface area contributed by atoms with Crippen molar-refractivity contribution in [3.05, 3.63) is 23.8 Å². The van der Waals surface area contributed by atoms with Crippen LogP contribution >= 0.6 is 0 Å². The van der Waals surface area contributed by atoms with Crippen molar-refractivity contribution in [2.24, 2.45) is 17.3 Å². The highest BCUT2D eigenvalue weighted by molar-refractivity contribution is 5.66. The molecule has 3 aliphatic rings. The van der Waals surface area contributed by atoms with E-state index < -0.39 is 12.1 Å². The molecule has 2 N–H and O–H groups in total. The first kappa shape index (κ1) is 33.3. The van der Waals surface area contributed by atoms with Gasteiger partial charge in [0.25, 0.3) is 0 Å². The van der Waals surface area contributed by atoms with Crippen LogP contribution in [0.15, 0.2) is 23.8 Å². The van der Waals surface area contributed by atoms with Gasteiger partial charge >= 0.3 is 5.97 Å². The van der Waals surface area contributed by atoms with Crippen molar-refractivity contribution in [1.82, 2.24) is 0 Å². The van der Waals surface area contributed by atoms with Crippen LogP contribution in [-0.4, -0.2) is 60.3 Å². The Kier molecular flexibility index (Phi) is 14.1. The van der Waals surface area contributed by atoms with Crippen LogP contribution in [0.2, 0.25) is 0 Å². The molecule has 2 heterocycles. The van der Waals surface area contributed by atoms with Crippen LogP contribution in [0.5, 0.6) is 0 Å². The summed E-state index contributed by atoms with van der Waals surface area (Å²) in [4.78, 5) is 10.8. The minimum Gasteiger partial charge on any atom is -0.481 e. The molecule has 0 aromatic heterocycles. The van der Waals surface area contributed by atoms with Crippen LogP contribution in [0.1, 0.15) is 118 Å². The number of aliphatic hydroxyl groups excluding tert-OH is 1. The summed E-state index contributed by atoms with van der Waals surface area (Å²) in [6, 6.07) is 0. The second-order valence-corrected chi connectivity index (χ2v) is 13.1. The Morgan fingerprint density at radius 3 is 2.30 bits per heavy atom. The lowest BCUT2D eigenvalue weighted by Crippen LogP contribution is -2.36. The lowest BCUT2D eigenvalue weighted by molar-refractivity contribution is -0.197. The molecule has 2 unspecified atom stereocenters. The lowest BCUT2D eigenvalue weighted by Gasteiger charge is -2.36. The fourth-order valence-corrected chi connectivity index (χ4v) is 6.21. The number of carboxylic acids is 1. The molecule has 1 aliphatic carbocycles. The van der Waals surface area contributed by atoms with E-state index in [0.29, 0.717) is 12.8 Å². The molecular weight excluding hydrogens is 508 g/mol. The molecule has 7 heteroatoms. The van der Waals surface area contributed by atoms with Gasteiger partial charge < -0.3 is 29.2 Å². The molecule has 0 bridgehead atoms. The molecule has 7 atom stereocenters. The van der Waals surface area contributed by atoms with Crippen LogP contribution in [0.4, 0.5) is 0 Å². The van der Waals surface area contributed by atoms with Gasteiger partial charge in [-0.25, -0.2) is 0 Å². The van der Waals surface area contributed by atoms with Gasteiger partial charge in [0.1, 0.15) is 0 Å². The van der Waals surface area contributed by atoms with Gasteiger partial charge in [0.05, 0.1) is 18.3 Å². The molecule has 2 aliphatic heterocycles. The van der Waals surface area contributed by atoms with Gasteiger partial charge in [0, 0.05) is 32.0 Å². The summed E-state index contributed by atoms with van der Waals surface area (Å²) in [5.41, 5.74) is 1.17. The standard InChI is InChI=1S/C33H56O7/c1-24(2)19-20-33(3,4)29(40-32-16-10-12-22-38-32)18-17-26-25(13-7-5-6-8-14-30(35)36)27(34)23-28(26)39-31-15-9-11-21-37-31/h17-19,25-29,31-32,34H,5-16,20-23H2,1-4H3,(H,35,36)/b18-17+/t25-,26-,27+,28-,29+,31?,32?/m1/s1. The maximum atomic E-state index is 11.2. The third-order valence-corrected chi connectivity index (χ3v) is 8.79. The topological polar surface area (TPSA) is 94.5 Å². The van der Waals surface area contributed by atoms with Gasteiger partial charge in [-0.2, -0.15) is 0 Å². The molecule has 1 saturated carbocycles. The molecule has 2 saturated heterocycles. The first-order chi connectivity index (χ1) is 19.2. The first-order valence-electron chi connectivity index (χ1n) is 15.9. The molecule has 3 rings (SSSR count). The SMILES string of the molecule is CC(C)=CCC(C)(C)[C@H](/C=C/[C@@H]1[C@@H](CCCCCCC(=O)O)[C@@H](O)C[C@H]1OC1CCCCO1)OC1CCCCO1. The molecule has 0 aromatic rings. The van der Waals surface area contributed by atoms with E-state index >= 15 is 0 Å². The minimum absolute atomic E-state index is 0.0668.